The molecule has 20 heavy (non-hydrogen) atoms. The minimum Gasteiger partial charge on any atom is -0.385 e. The van der Waals surface area contributed by atoms with Gasteiger partial charge in [-0.2, -0.15) is 0 Å². The molecule has 0 saturated carbocycles. The number of hydrogen-bond acceptors (Lipinski definition) is 5. The monoisotopic (exact) mass is 280 g/mol. The van der Waals surface area contributed by atoms with Crippen molar-refractivity contribution in [2.75, 3.05) is 44.4 Å². The molecule has 1 rings (SSSR count). The second-order valence-electron chi connectivity index (χ2n) is 4.82. The number of nitro benzene ring substituents is 1. The minimum atomic E-state index is -0.369. The van der Waals surface area contributed by atoms with Crippen molar-refractivity contribution in [3.05, 3.63) is 28.3 Å². The summed E-state index contributed by atoms with van der Waals surface area (Å²) >= 11 is 0. The van der Waals surface area contributed by atoms with Crippen molar-refractivity contribution in [2.24, 2.45) is 0 Å². The number of nitro groups is 1. The fraction of sp³-hybridized carbons (Fsp3) is 0.571. The van der Waals surface area contributed by atoms with Gasteiger partial charge in [-0.05, 0) is 45.1 Å². The van der Waals surface area contributed by atoms with Crippen LogP contribution in [0.25, 0.3) is 0 Å². The zero-order valence-electron chi connectivity index (χ0n) is 12.5. The zero-order valence-corrected chi connectivity index (χ0v) is 12.5. The zero-order chi connectivity index (χ0) is 15.0. The molecule has 0 amide bonds. The van der Waals surface area contributed by atoms with E-state index in [1.54, 1.807) is 19.2 Å². The summed E-state index contributed by atoms with van der Waals surface area (Å²) in [5.74, 6) is 0. The van der Waals surface area contributed by atoms with Gasteiger partial charge in [0.25, 0.3) is 5.69 Å². The molecular formula is C14H24N4O2. The molecule has 6 heteroatoms. The lowest BCUT2D eigenvalue weighted by Gasteiger charge is -2.15. The Hall–Kier alpha value is -1.82. The summed E-state index contributed by atoms with van der Waals surface area (Å²) < 4.78 is 0. The molecule has 0 unspecified atom stereocenters. The maximum absolute atomic E-state index is 11.0. The smallest absolute Gasteiger partial charge is 0.294 e. The molecule has 0 aliphatic heterocycles. The molecule has 0 saturated heterocycles. The van der Waals surface area contributed by atoms with E-state index >= 15 is 0 Å². The first-order valence-electron chi connectivity index (χ1n) is 6.97. The summed E-state index contributed by atoms with van der Waals surface area (Å²) in [6.45, 7) is 5.10. The molecule has 2 N–H and O–H groups in total. The molecule has 0 aromatic heterocycles. The van der Waals surface area contributed by atoms with E-state index in [0.717, 1.165) is 38.2 Å². The Morgan fingerprint density at radius 1 is 1.35 bits per heavy atom. The molecule has 0 spiro atoms. The van der Waals surface area contributed by atoms with Crippen molar-refractivity contribution in [3.8, 4) is 0 Å². The molecule has 0 radical (unpaired) electrons. The van der Waals surface area contributed by atoms with E-state index in [2.05, 4.69) is 29.5 Å². The van der Waals surface area contributed by atoms with Crippen LogP contribution in [0.5, 0.6) is 0 Å². The lowest BCUT2D eigenvalue weighted by atomic mass is 10.2. The molecule has 0 heterocycles. The van der Waals surface area contributed by atoms with Crippen molar-refractivity contribution >= 4 is 17.1 Å². The van der Waals surface area contributed by atoms with Crippen LogP contribution in [0.2, 0.25) is 0 Å². The maximum Gasteiger partial charge on any atom is 0.294 e. The van der Waals surface area contributed by atoms with Crippen molar-refractivity contribution in [3.63, 3.8) is 0 Å². The molecular weight excluding hydrogens is 256 g/mol. The van der Waals surface area contributed by atoms with E-state index < -0.39 is 0 Å². The molecule has 1 aromatic rings. The largest absolute Gasteiger partial charge is 0.385 e. The third-order valence-corrected chi connectivity index (χ3v) is 3.11. The van der Waals surface area contributed by atoms with Gasteiger partial charge in [0.2, 0.25) is 0 Å². The van der Waals surface area contributed by atoms with E-state index in [-0.39, 0.29) is 10.6 Å². The van der Waals surface area contributed by atoms with Crippen molar-refractivity contribution < 1.29 is 4.92 Å². The van der Waals surface area contributed by atoms with Gasteiger partial charge in [-0.25, -0.2) is 0 Å². The second-order valence-corrected chi connectivity index (χ2v) is 4.82. The molecule has 1 aromatic carbocycles. The van der Waals surface area contributed by atoms with Gasteiger partial charge in [-0.1, -0.05) is 6.92 Å². The molecule has 112 valence electrons. The standard InChI is InChI=1S/C14H24N4O2/c1-4-9-17(3)10-5-8-16-12-6-7-13(15-2)14(11-12)18(19)20/h6-7,11,15-16H,4-5,8-10H2,1-3H3. The molecule has 6 nitrogen and oxygen atoms in total. The second kappa shape index (κ2) is 8.37. The number of benzene rings is 1. The number of hydrogen-bond donors (Lipinski definition) is 2. The minimum absolute atomic E-state index is 0.0978. The highest BCUT2D eigenvalue weighted by molar-refractivity contribution is 5.67. The number of nitrogens with one attached hydrogen (secondary N) is 2. The van der Waals surface area contributed by atoms with Gasteiger partial charge in [0.05, 0.1) is 4.92 Å². The highest BCUT2D eigenvalue weighted by Crippen LogP contribution is 2.27. The van der Waals surface area contributed by atoms with Crippen molar-refractivity contribution in [1.82, 2.24) is 4.90 Å². The third kappa shape index (κ3) is 5.05. The van der Waals surface area contributed by atoms with Gasteiger partial charge in [-0.3, -0.25) is 10.1 Å². The lowest BCUT2D eigenvalue weighted by Crippen LogP contribution is -2.22. The lowest BCUT2D eigenvalue weighted by molar-refractivity contribution is -0.383. The van der Waals surface area contributed by atoms with Crippen LogP contribution in [0.3, 0.4) is 0 Å². The molecule has 0 fully saturated rings. The first kappa shape index (κ1) is 16.2. The van der Waals surface area contributed by atoms with E-state index in [0.29, 0.717) is 5.69 Å². The quantitative estimate of drug-likeness (QED) is 0.413. The fourth-order valence-electron chi connectivity index (χ4n) is 2.08. The topological polar surface area (TPSA) is 70.4 Å². The van der Waals surface area contributed by atoms with Gasteiger partial charge in [0.15, 0.2) is 0 Å². The Morgan fingerprint density at radius 2 is 2.10 bits per heavy atom. The highest BCUT2D eigenvalue weighted by atomic mass is 16.6. The Labute approximate surface area is 120 Å². The predicted molar refractivity (Wildman–Crippen MR) is 83.5 cm³/mol. The van der Waals surface area contributed by atoms with Gasteiger partial charge >= 0.3 is 0 Å². The summed E-state index contributed by atoms with van der Waals surface area (Å²) in [4.78, 5) is 12.9. The van der Waals surface area contributed by atoms with Crippen LogP contribution in [-0.4, -0.2) is 43.6 Å². The fourth-order valence-corrected chi connectivity index (χ4v) is 2.08. The summed E-state index contributed by atoms with van der Waals surface area (Å²) in [6.07, 6.45) is 2.17. The first-order chi connectivity index (χ1) is 9.58. The predicted octanol–water partition coefficient (Wildman–Crippen LogP) is 2.78. The molecule has 0 aliphatic carbocycles. The van der Waals surface area contributed by atoms with E-state index in [4.69, 9.17) is 0 Å². The Bertz CT molecular complexity index is 437. The van der Waals surface area contributed by atoms with Crippen LogP contribution in [0.15, 0.2) is 18.2 Å². The first-order valence-corrected chi connectivity index (χ1v) is 6.97. The average Bonchev–Trinajstić information content (AvgIpc) is 2.43. The van der Waals surface area contributed by atoms with Crippen molar-refractivity contribution in [1.29, 1.82) is 0 Å². The average molecular weight is 280 g/mol. The van der Waals surface area contributed by atoms with Gasteiger partial charge in [0.1, 0.15) is 5.69 Å². The van der Waals surface area contributed by atoms with Crippen LogP contribution in [0.1, 0.15) is 19.8 Å². The van der Waals surface area contributed by atoms with Crippen LogP contribution < -0.4 is 10.6 Å². The van der Waals surface area contributed by atoms with E-state index in [1.165, 1.54) is 0 Å². The van der Waals surface area contributed by atoms with Crippen LogP contribution in [0.4, 0.5) is 17.1 Å². The summed E-state index contributed by atoms with van der Waals surface area (Å²) in [5.41, 5.74) is 1.41. The third-order valence-electron chi connectivity index (χ3n) is 3.11. The number of rotatable bonds is 9. The number of nitrogens with zero attached hydrogens (tertiary/aromatic N) is 2. The highest BCUT2D eigenvalue weighted by Gasteiger charge is 2.13. The number of anilines is 2. The Balaban J connectivity index is 2.48. The van der Waals surface area contributed by atoms with Crippen LogP contribution >= 0.6 is 0 Å². The maximum atomic E-state index is 11.0. The Kier molecular flexibility index (Phi) is 6.79. The summed E-state index contributed by atoms with van der Waals surface area (Å²) in [7, 11) is 3.79. The van der Waals surface area contributed by atoms with Gasteiger partial charge in [0, 0.05) is 25.3 Å². The van der Waals surface area contributed by atoms with Crippen molar-refractivity contribution in [2.45, 2.75) is 19.8 Å². The van der Waals surface area contributed by atoms with E-state index in [9.17, 15) is 10.1 Å². The van der Waals surface area contributed by atoms with Crippen LogP contribution in [0, 0.1) is 10.1 Å². The van der Waals surface area contributed by atoms with Gasteiger partial charge < -0.3 is 15.5 Å². The Morgan fingerprint density at radius 3 is 2.70 bits per heavy atom. The van der Waals surface area contributed by atoms with Crippen LogP contribution in [-0.2, 0) is 0 Å². The van der Waals surface area contributed by atoms with E-state index in [1.807, 2.05) is 6.07 Å². The van der Waals surface area contributed by atoms with Gasteiger partial charge in [-0.15, -0.1) is 0 Å². The molecule has 0 bridgehead atoms. The summed E-state index contributed by atoms with van der Waals surface area (Å²) in [5, 5.41) is 17.0. The normalized spacial score (nSPS) is 10.6. The molecule has 0 aliphatic rings. The SMILES string of the molecule is CCCN(C)CCCNc1ccc(NC)c([N+](=O)[O-])c1. The molecule has 0 atom stereocenters. The summed E-state index contributed by atoms with van der Waals surface area (Å²) in [6, 6.07) is 5.15.